The van der Waals surface area contributed by atoms with Gasteiger partial charge in [-0.1, -0.05) is 31.2 Å². The first-order valence-electron chi connectivity index (χ1n) is 9.02. The zero-order chi connectivity index (χ0) is 21.0. The van der Waals surface area contributed by atoms with E-state index < -0.39 is 29.1 Å². The summed E-state index contributed by atoms with van der Waals surface area (Å²) in [6.45, 7) is 3.20. The Morgan fingerprint density at radius 2 is 1.86 bits per heavy atom. The first-order valence-corrected chi connectivity index (χ1v) is 9.02. The molecule has 0 saturated heterocycles. The van der Waals surface area contributed by atoms with Crippen LogP contribution in [0.2, 0.25) is 0 Å². The van der Waals surface area contributed by atoms with Crippen LogP contribution in [0.25, 0.3) is 0 Å². The second-order valence-electron chi connectivity index (χ2n) is 6.44. The summed E-state index contributed by atoms with van der Waals surface area (Å²) in [6.07, 6.45) is 0.920. The summed E-state index contributed by atoms with van der Waals surface area (Å²) in [4.78, 5) is 34.9. The van der Waals surface area contributed by atoms with Crippen molar-refractivity contribution in [1.82, 2.24) is 5.32 Å². The van der Waals surface area contributed by atoms with E-state index in [0.29, 0.717) is 0 Å². The zero-order valence-corrected chi connectivity index (χ0v) is 16.0. The molecule has 0 saturated carbocycles. The van der Waals surface area contributed by atoms with Gasteiger partial charge in [0.1, 0.15) is 5.56 Å². The molecule has 1 heterocycles. The number of carbonyl (C=O) groups is 2. The van der Waals surface area contributed by atoms with Gasteiger partial charge in [-0.05, 0) is 24.5 Å². The lowest BCUT2D eigenvalue weighted by molar-refractivity contribution is -0.385. The van der Waals surface area contributed by atoms with Crippen LogP contribution in [0.3, 0.4) is 0 Å². The highest BCUT2D eigenvalue weighted by Gasteiger charge is 2.28. The van der Waals surface area contributed by atoms with Crippen molar-refractivity contribution in [1.29, 1.82) is 0 Å². The maximum absolute atomic E-state index is 12.3. The van der Waals surface area contributed by atoms with E-state index in [1.807, 2.05) is 31.2 Å². The van der Waals surface area contributed by atoms with Crippen molar-refractivity contribution < 1.29 is 28.7 Å². The van der Waals surface area contributed by atoms with E-state index in [1.54, 1.807) is 0 Å². The van der Waals surface area contributed by atoms with Crippen LogP contribution in [0.4, 0.5) is 5.69 Å². The summed E-state index contributed by atoms with van der Waals surface area (Å²) >= 11 is 0. The lowest BCUT2D eigenvalue weighted by atomic mass is 10.1. The van der Waals surface area contributed by atoms with Crippen molar-refractivity contribution in [2.75, 3.05) is 13.4 Å². The molecule has 0 bridgehead atoms. The molecule has 29 heavy (non-hydrogen) atoms. The highest BCUT2D eigenvalue weighted by atomic mass is 16.7. The minimum atomic E-state index is -0.995. The number of nitro groups is 1. The third-order valence-electron chi connectivity index (χ3n) is 4.51. The number of benzene rings is 2. The third-order valence-corrected chi connectivity index (χ3v) is 4.51. The summed E-state index contributed by atoms with van der Waals surface area (Å²) in [7, 11) is 0. The average Bonchev–Trinajstić information content (AvgIpc) is 3.18. The Balaban J connectivity index is 1.61. The largest absolute Gasteiger partial charge is 0.454 e. The lowest BCUT2D eigenvalue weighted by Gasteiger charge is -2.15. The Labute approximate surface area is 166 Å². The Hall–Kier alpha value is -3.62. The molecule has 0 radical (unpaired) electrons. The average molecular weight is 400 g/mol. The van der Waals surface area contributed by atoms with Gasteiger partial charge in [0.05, 0.1) is 17.0 Å². The number of nitrogens with zero attached hydrogens (tertiary/aromatic N) is 1. The number of nitrogens with one attached hydrogen (secondary N) is 1. The van der Waals surface area contributed by atoms with Gasteiger partial charge in [0.2, 0.25) is 6.79 Å². The fourth-order valence-electron chi connectivity index (χ4n) is 2.86. The van der Waals surface area contributed by atoms with Crippen molar-refractivity contribution in [3.05, 3.63) is 63.2 Å². The molecular formula is C20H20N2O7. The topological polar surface area (TPSA) is 117 Å². The van der Waals surface area contributed by atoms with E-state index in [9.17, 15) is 19.7 Å². The molecule has 1 aliphatic rings. The number of esters is 1. The van der Waals surface area contributed by atoms with Gasteiger partial charge < -0.3 is 19.5 Å². The van der Waals surface area contributed by atoms with Crippen molar-refractivity contribution in [3.63, 3.8) is 0 Å². The molecular weight excluding hydrogens is 380 g/mol. The van der Waals surface area contributed by atoms with Gasteiger partial charge in [-0.3, -0.25) is 14.9 Å². The maximum atomic E-state index is 12.3. The van der Waals surface area contributed by atoms with E-state index in [4.69, 9.17) is 14.2 Å². The van der Waals surface area contributed by atoms with Crippen molar-refractivity contribution in [2.45, 2.75) is 26.3 Å². The van der Waals surface area contributed by atoms with E-state index in [2.05, 4.69) is 12.2 Å². The minimum absolute atomic E-state index is 0.0927. The summed E-state index contributed by atoms with van der Waals surface area (Å²) < 4.78 is 15.2. The summed E-state index contributed by atoms with van der Waals surface area (Å²) in [5.41, 5.74) is 1.30. The molecule has 0 aliphatic carbocycles. The van der Waals surface area contributed by atoms with Crippen LogP contribution in [-0.4, -0.2) is 30.2 Å². The number of rotatable bonds is 7. The summed E-state index contributed by atoms with van der Waals surface area (Å²) in [5.74, 6) is -1.14. The normalized spacial score (nSPS) is 12.9. The molecule has 1 atom stereocenters. The lowest BCUT2D eigenvalue weighted by Crippen LogP contribution is -2.31. The van der Waals surface area contributed by atoms with E-state index in [-0.39, 0.29) is 29.9 Å². The molecule has 1 amide bonds. The highest BCUT2D eigenvalue weighted by Crippen LogP contribution is 2.38. The second-order valence-corrected chi connectivity index (χ2v) is 6.44. The van der Waals surface area contributed by atoms with Crippen LogP contribution >= 0.6 is 0 Å². The number of fused-ring (bicyclic) bond motifs is 1. The molecule has 3 rings (SSSR count). The number of hydrogen-bond donors (Lipinski definition) is 1. The quantitative estimate of drug-likeness (QED) is 0.431. The van der Waals surface area contributed by atoms with Crippen LogP contribution in [-0.2, 0) is 16.0 Å². The highest BCUT2D eigenvalue weighted by molar-refractivity contribution is 5.96. The third kappa shape index (κ3) is 4.63. The smallest absolute Gasteiger partial charge is 0.345 e. The second kappa shape index (κ2) is 8.59. The van der Waals surface area contributed by atoms with Gasteiger partial charge in [0.25, 0.3) is 11.6 Å². The van der Waals surface area contributed by atoms with Crippen molar-refractivity contribution >= 4 is 17.6 Å². The van der Waals surface area contributed by atoms with E-state index >= 15 is 0 Å². The summed E-state index contributed by atoms with van der Waals surface area (Å²) in [6, 6.07) is 9.80. The van der Waals surface area contributed by atoms with E-state index in [0.717, 1.165) is 18.1 Å². The maximum Gasteiger partial charge on any atom is 0.345 e. The molecule has 0 spiro atoms. The molecule has 0 aromatic heterocycles. The number of amides is 1. The molecule has 152 valence electrons. The fourth-order valence-corrected chi connectivity index (χ4v) is 2.86. The molecule has 9 heteroatoms. The zero-order valence-electron chi connectivity index (χ0n) is 16.0. The Kier molecular flexibility index (Phi) is 5.96. The van der Waals surface area contributed by atoms with Crippen molar-refractivity contribution in [3.8, 4) is 11.5 Å². The number of nitro benzene ring substituents is 1. The molecule has 1 aliphatic heterocycles. The predicted molar refractivity (Wildman–Crippen MR) is 102 cm³/mol. The summed E-state index contributed by atoms with van der Waals surface area (Å²) in [5, 5.41) is 14.0. The Morgan fingerprint density at radius 3 is 2.48 bits per heavy atom. The van der Waals surface area contributed by atoms with Gasteiger partial charge in [-0.2, -0.15) is 0 Å². The molecule has 2 aromatic carbocycles. The monoisotopic (exact) mass is 400 g/mol. The number of carbonyl (C=O) groups excluding carboxylic acids is 2. The predicted octanol–water partition coefficient (Wildman–Crippen LogP) is 2.92. The molecule has 1 N–H and O–H groups in total. The van der Waals surface area contributed by atoms with Gasteiger partial charge in [-0.15, -0.1) is 0 Å². The first-order chi connectivity index (χ1) is 13.9. The fraction of sp³-hybridized carbons (Fsp3) is 0.300. The Bertz CT molecular complexity index is 941. The van der Waals surface area contributed by atoms with Gasteiger partial charge in [0.15, 0.2) is 18.1 Å². The molecule has 9 nitrogen and oxygen atoms in total. The first kappa shape index (κ1) is 20.1. The van der Waals surface area contributed by atoms with Crippen molar-refractivity contribution in [2.24, 2.45) is 0 Å². The van der Waals surface area contributed by atoms with Crippen LogP contribution in [0.1, 0.15) is 41.4 Å². The van der Waals surface area contributed by atoms with Crippen LogP contribution < -0.4 is 14.8 Å². The van der Waals surface area contributed by atoms with Gasteiger partial charge in [0, 0.05) is 6.07 Å². The standard InChI is InChI=1S/C20H20N2O7/c1-3-13-4-6-14(7-5-13)12(2)21-19(23)10-27-20(24)15-8-17-18(29-11-28-17)9-16(15)22(25)26/h4-9,12H,3,10-11H2,1-2H3,(H,21,23). The van der Waals surface area contributed by atoms with Crippen LogP contribution in [0.5, 0.6) is 11.5 Å². The molecule has 1 unspecified atom stereocenters. The number of aryl methyl sites for hydroxylation is 1. The molecule has 0 fully saturated rings. The number of ether oxygens (including phenoxy) is 3. The van der Waals surface area contributed by atoms with Gasteiger partial charge >= 0.3 is 5.97 Å². The van der Waals surface area contributed by atoms with E-state index in [1.165, 1.54) is 11.6 Å². The number of hydrogen-bond acceptors (Lipinski definition) is 7. The van der Waals surface area contributed by atoms with Gasteiger partial charge in [-0.25, -0.2) is 4.79 Å². The van der Waals surface area contributed by atoms with Crippen LogP contribution in [0, 0.1) is 10.1 Å². The minimum Gasteiger partial charge on any atom is -0.454 e. The SMILES string of the molecule is CCc1ccc(C(C)NC(=O)COC(=O)c2cc3c(cc2[N+](=O)[O-])OCO3)cc1. The van der Waals surface area contributed by atoms with Crippen LogP contribution in [0.15, 0.2) is 36.4 Å². The Morgan fingerprint density at radius 1 is 1.21 bits per heavy atom. The molecule has 2 aromatic rings.